The Morgan fingerprint density at radius 3 is 2.74 bits per heavy atom. The third kappa shape index (κ3) is 5.66. The van der Waals surface area contributed by atoms with Gasteiger partial charge in [-0.3, -0.25) is 9.59 Å². The highest BCUT2D eigenvalue weighted by Gasteiger charge is 2.20. The summed E-state index contributed by atoms with van der Waals surface area (Å²) in [5.41, 5.74) is 0.551. The van der Waals surface area contributed by atoms with Crippen molar-refractivity contribution in [1.82, 2.24) is 20.6 Å². The van der Waals surface area contributed by atoms with Gasteiger partial charge in [0, 0.05) is 32.5 Å². The minimum atomic E-state index is -1.13. The van der Waals surface area contributed by atoms with E-state index in [2.05, 4.69) is 20.6 Å². The molecule has 8 nitrogen and oxygen atoms in total. The number of aliphatic carboxylic acids is 1. The molecule has 0 aliphatic rings. The minimum Gasteiger partial charge on any atom is -0.480 e. The van der Waals surface area contributed by atoms with E-state index in [4.69, 9.17) is 5.11 Å². The Morgan fingerprint density at radius 1 is 1.47 bits per heavy atom. The maximum absolute atomic E-state index is 11.5. The molecule has 0 unspecified atom stereocenters. The van der Waals surface area contributed by atoms with Crippen LogP contribution in [-0.2, 0) is 20.8 Å². The van der Waals surface area contributed by atoms with E-state index in [0.29, 0.717) is 5.69 Å². The maximum atomic E-state index is 11.5. The quantitative estimate of drug-likeness (QED) is 0.507. The van der Waals surface area contributed by atoms with Crippen molar-refractivity contribution in [3.8, 4) is 0 Å². The number of nitrogens with zero attached hydrogens (tertiary/aromatic N) is 1. The topological polar surface area (TPSA) is 124 Å². The van der Waals surface area contributed by atoms with E-state index >= 15 is 0 Å². The van der Waals surface area contributed by atoms with Gasteiger partial charge in [-0.15, -0.1) is 0 Å². The van der Waals surface area contributed by atoms with Gasteiger partial charge >= 0.3 is 5.97 Å². The lowest BCUT2D eigenvalue weighted by Gasteiger charge is -2.13. The molecule has 8 heteroatoms. The molecule has 1 aromatic heterocycles. The zero-order valence-corrected chi connectivity index (χ0v) is 10.5. The van der Waals surface area contributed by atoms with E-state index in [9.17, 15) is 14.4 Å². The van der Waals surface area contributed by atoms with E-state index in [1.807, 2.05) is 0 Å². The molecular weight excluding hydrogens is 252 g/mol. The van der Waals surface area contributed by atoms with Crippen LogP contribution in [0, 0.1) is 0 Å². The molecular formula is C11H16N4O4. The molecule has 104 valence electrons. The second-order valence-corrected chi connectivity index (χ2v) is 3.96. The number of imidazole rings is 1. The Morgan fingerprint density at radius 2 is 2.21 bits per heavy atom. The molecule has 0 saturated heterocycles. The zero-order chi connectivity index (χ0) is 14.3. The molecule has 19 heavy (non-hydrogen) atoms. The Hall–Kier alpha value is -2.38. The second-order valence-electron chi connectivity index (χ2n) is 3.96. The van der Waals surface area contributed by atoms with Crippen molar-refractivity contribution in [2.24, 2.45) is 0 Å². The fraction of sp³-hybridized carbons (Fsp3) is 0.455. The molecule has 0 fully saturated rings. The molecule has 1 aromatic rings. The standard InChI is InChI=1S/C11H16N4O4/c1-7(16)13-3-2-10(17)15-9(11(18)19)4-8-5-12-6-14-8/h5-6,9H,2-4H2,1H3,(H,12,14)(H,13,16)(H,15,17)(H,18,19)/t9-/m0/s1. The summed E-state index contributed by atoms with van der Waals surface area (Å²) in [7, 11) is 0. The monoisotopic (exact) mass is 268 g/mol. The number of H-pyrrole nitrogens is 1. The molecule has 0 spiro atoms. The molecule has 0 saturated carbocycles. The van der Waals surface area contributed by atoms with Crippen molar-refractivity contribution >= 4 is 17.8 Å². The van der Waals surface area contributed by atoms with Crippen LogP contribution in [0.4, 0.5) is 0 Å². The SMILES string of the molecule is CC(=O)NCCC(=O)N[C@@H](Cc1c[nH]cn1)C(=O)O. The molecule has 0 aromatic carbocycles. The molecule has 1 atom stereocenters. The van der Waals surface area contributed by atoms with Crippen LogP contribution >= 0.6 is 0 Å². The van der Waals surface area contributed by atoms with E-state index < -0.39 is 17.9 Å². The van der Waals surface area contributed by atoms with Crippen LogP contribution in [0.3, 0.4) is 0 Å². The lowest BCUT2D eigenvalue weighted by Crippen LogP contribution is -2.43. The van der Waals surface area contributed by atoms with Gasteiger partial charge in [0.25, 0.3) is 0 Å². The van der Waals surface area contributed by atoms with Crippen LogP contribution in [0.15, 0.2) is 12.5 Å². The van der Waals surface area contributed by atoms with Crippen molar-refractivity contribution in [3.05, 3.63) is 18.2 Å². The second kappa shape index (κ2) is 7.14. The average molecular weight is 268 g/mol. The first kappa shape index (κ1) is 14.7. The summed E-state index contributed by atoms with van der Waals surface area (Å²) in [6.07, 6.45) is 3.14. The van der Waals surface area contributed by atoms with Crippen LogP contribution in [0.2, 0.25) is 0 Å². The summed E-state index contributed by atoms with van der Waals surface area (Å²) in [6, 6.07) is -1.03. The predicted molar refractivity (Wildman–Crippen MR) is 65.2 cm³/mol. The molecule has 1 heterocycles. The lowest BCUT2D eigenvalue weighted by molar-refractivity contribution is -0.141. The highest BCUT2D eigenvalue weighted by Crippen LogP contribution is 1.99. The smallest absolute Gasteiger partial charge is 0.326 e. The molecule has 4 N–H and O–H groups in total. The number of carbonyl (C=O) groups excluding carboxylic acids is 2. The Kier molecular flexibility index (Phi) is 5.52. The number of aromatic nitrogens is 2. The average Bonchev–Trinajstić information content (AvgIpc) is 2.80. The predicted octanol–water partition coefficient (Wildman–Crippen LogP) is -0.952. The highest BCUT2D eigenvalue weighted by atomic mass is 16.4. The molecule has 2 amide bonds. The van der Waals surface area contributed by atoms with Crippen molar-refractivity contribution in [3.63, 3.8) is 0 Å². The van der Waals surface area contributed by atoms with Gasteiger partial charge in [0.05, 0.1) is 12.0 Å². The number of rotatable bonds is 7. The third-order valence-electron chi connectivity index (χ3n) is 2.33. The summed E-state index contributed by atoms with van der Waals surface area (Å²) >= 11 is 0. The highest BCUT2D eigenvalue weighted by molar-refractivity contribution is 5.84. The summed E-state index contributed by atoms with van der Waals surface area (Å²) in [4.78, 5) is 39.8. The first-order valence-corrected chi connectivity index (χ1v) is 5.73. The fourth-order valence-electron chi connectivity index (χ4n) is 1.43. The molecule has 1 rings (SSSR count). The summed E-state index contributed by atoms with van der Waals surface area (Å²) in [6.45, 7) is 1.52. The summed E-state index contributed by atoms with van der Waals surface area (Å²) in [5.74, 6) is -1.80. The van der Waals surface area contributed by atoms with E-state index in [-0.39, 0.29) is 25.3 Å². The van der Waals surface area contributed by atoms with Crippen LogP contribution in [0.1, 0.15) is 19.0 Å². The van der Waals surface area contributed by atoms with Crippen molar-refractivity contribution in [2.45, 2.75) is 25.8 Å². The summed E-state index contributed by atoms with van der Waals surface area (Å²) in [5, 5.41) is 13.9. The van der Waals surface area contributed by atoms with Gasteiger partial charge in [-0.25, -0.2) is 9.78 Å². The Labute approximate surface area is 109 Å². The molecule has 0 bridgehead atoms. The molecule has 0 radical (unpaired) electrons. The number of hydrogen-bond acceptors (Lipinski definition) is 4. The summed E-state index contributed by atoms with van der Waals surface area (Å²) < 4.78 is 0. The number of carboxylic acid groups (broad SMARTS) is 1. The van der Waals surface area contributed by atoms with Crippen LogP contribution in [-0.4, -0.2) is 45.4 Å². The number of carbonyl (C=O) groups is 3. The van der Waals surface area contributed by atoms with Crippen LogP contribution in [0.5, 0.6) is 0 Å². The zero-order valence-electron chi connectivity index (χ0n) is 10.5. The van der Waals surface area contributed by atoms with Gasteiger partial charge in [-0.2, -0.15) is 0 Å². The number of aromatic amines is 1. The number of carboxylic acids is 1. The molecule has 0 aliphatic carbocycles. The van der Waals surface area contributed by atoms with Crippen molar-refractivity contribution in [1.29, 1.82) is 0 Å². The van der Waals surface area contributed by atoms with Gasteiger partial charge in [-0.05, 0) is 0 Å². The third-order valence-corrected chi connectivity index (χ3v) is 2.33. The van der Waals surface area contributed by atoms with Crippen molar-refractivity contribution < 1.29 is 19.5 Å². The first-order chi connectivity index (χ1) is 8.99. The maximum Gasteiger partial charge on any atom is 0.326 e. The van der Waals surface area contributed by atoms with Gasteiger partial charge < -0.3 is 20.7 Å². The Balaban J connectivity index is 2.42. The fourth-order valence-corrected chi connectivity index (χ4v) is 1.43. The molecule has 0 aliphatic heterocycles. The Bertz CT molecular complexity index is 444. The number of nitrogens with one attached hydrogen (secondary N) is 3. The van der Waals surface area contributed by atoms with Gasteiger partial charge in [0.2, 0.25) is 11.8 Å². The van der Waals surface area contributed by atoms with E-state index in [1.54, 1.807) is 6.20 Å². The normalized spacial score (nSPS) is 11.6. The van der Waals surface area contributed by atoms with Crippen molar-refractivity contribution in [2.75, 3.05) is 6.54 Å². The van der Waals surface area contributed by atoms with Crippen LogP contribution in [0.25, 0.3) is 0 Å². The van der Waals surface area contributed by atoms with Gasteiger partial charge in [0.1, 0.15) is 6.04 Å². The van der Waals surface area contributed by atoms with Crippen LogP contribution < -0.4 is 10.6 Å². The number of hydrogen-bond donors (Lipinski definition) is 4. The largest absolute Gasteiger partial charge is 0.480 e. The minimum absolute atomic E-state index is 0.0317. The van der Waals surface area contributed by atoms with Gasteiger partial charge in [-0.1, -0.05) is 0 Å². The van der Waals surface area contributed by atoms with E-state index in [0.717, 1.165) is 0 Å². The first-order valence-electron chi connectivity index (χ1n) is 5.73. The lowest BCUT2D eigenvalue weighted by atomic mass is 10.1. The van der Waals surface area contributed by atoms with E-state index in [1.165, 1.54) is 13.3 Å². The van der Waals surface area contributed by atoms with Gasteiger partial charge in [0.15, 0.2) is 0 Å². The number of amides is 2.